The molecule has 21 heavy (non-hydrogen) atoms. The van der Waals surface area contributed by atoms with E-state index in [0.717, 1.165) is 32.4 Å². The van der Waals surface area contributed by atoms with Crippen molar-refractivity contribution in [1.29, 1.82) is 0 Å². The SMILES string of the molecule is CC(=O)CCCCCN(Cc1ccccc1)C[Si](C)(C)C. The summed E-state index contributed by atoms with van der Waals surface area (Å²) in [5, 5.41) is 0. The first kappa shape index (κ1) is 18.1. The molecule has 1 aromatic carbocycles. The number of hydrogen-bond acceptors (Lipinski definition) is 2. The van der Waals surface area contributed by atoms with Gasteiger partial charge in [0, 0.05) is 13.0 Å². The van der Waals surface area contributed by atoms with E-state index in [1.807, 2.05) is 0 Å². The molecule has 0 fully saturated rings. The van der Waals surface area contributed by atoms with Gasteiger partial charge in [-0.3, -0.25) is 0 Å². The number of ketones is 1. The molecule has 0 unspecified atom stereocenters. The molecule has 0 aliphatic rings. The van der Waals surface area contributed by atoms with Crippen LogP contribution in [-0.4, -0.2) is 31.5 Å². The van der Waals surface area contributed by atoms with Gasteiger partial charge in [0.05, 0.1) is 8.07 Å². The Morgan fingerprint density at radius 3 is 2.29 bits per heavy atom. The Labute approximate surface area is 131 Å². The monoisotopic (exact) mass is 305 g/mol. The zero-order chi connectivity index (χ0) is 15.7. The van der Waals surface area contributed by atoms with Crippen LogP contribution < -0.4 is 0 Å². The lowest BCUT2D eigenvalue weighted by atomic mass is 10.1. The van der Waals surface area contributed by atoms with Crippen LogP contribution >= 0.6 is 0 Å². The molecule has 0 aliphatic carbocycles. The third kappa shape index (κ3) is 9.59. The molecule has 0 aliphatic heterocycles. The summed E-state index contributed by atoms with van der Waals surface area (Å²) in [7, 11) is -1.09. The van der Waals surface area contributed by atoms with Gasteiger partial charge in [0.1, 0.15) is 5.78 Å². The first-order chi connectivity index (χ1) is 9.87. The number of hydrogen-bond donors (Lipinski definition) is 0. The molecule has 0 radical (unpaired) electrons. The molecular weight excluding hydrogens is 274 g/mol. The summed E-state index contributed by atoms with van der Waals surface area (Å²) in [6.07, 6.45) is 5.39. The van der Waals surface area contributed by atoms with Crippen molar-refractivity contribution in [2.75, 3.05) is 12.7 Å². The minimum Gasteiger partial charge on any atom is -0.302 e. The van der Waals surface area contributed by atoms with E-state index in [0.29, 0.717) is 5.78 Å². The van der Waals surface area contributed by atoms with Crippen LogP contribution in [0.15, 0.2) is 30.3 Å². The minimum absolute atomic E-state index is 0.318. The Morgan fingerprint density at radius 1 is 1.05 bits per heavy atom. The molecule has 1 rings (SSSR count). The average Bonchev–Trinajstić information content (AvgIpc) is 2.37. The molecule has 0 bridgehead atoms. The molecule has 0 saturated carbocycles. The van der Waals surface area contributed by atoms with Gasteiger partial charge in [0.15, 0.2) is 0 Å². The van der Waals surface area contributed by atoms with Gasteiger partial charge in [-0.2, -0.15) is 0 Å². The molecular formula is C18H31NOSi. The quantitative estimate of drug-likeness (QED) is 0.468. The van der Waals surface area contributed by atoms with Gasteiger partial charge in [-0.1, -0.05) is 56.4 Å². The Morgan fingerprint density at radius 2 is 1.71 bits per heavy atom. The van der Waals surface area contributed by atoms with Crippen molar-refractivity contribution in [3.05, 3.63) is 35.9 Å². The molecule has 118 valence electrons. The second-order valence-electron chi connectivity index (χ2n) is 7.27. The zero-order valence-corrected chi connectivity index (χ0v) is 15.2. The molecule has 1 aromatic rings. The van der Waals surface area contributed by atoms with Crippen molar-refractivity contribution in [2.24, 2.45) is 0 Å². The number of rotatable bonds is 10. The van der Waals surface area contributed by atoms with Crippen molar-refractivity contribution in [1.82, 2.24) is 4.90 Å². The fourth-order valence-corrected chi connectivity index (χ4v) is 4.22. The highest BCUT2D eigenvalue weighted by molar-refractivity contribution is 6.76. The molecule has 0 atom stereocenters. The number of Topliss-reactive ketones (excluding diaryl/α,β-unsaturated/α-hetero) is 1. The van der Waals surface area contributed by atoms with Crippen LogP contribution in [-0.2, 0) is 11.3 Å². The fourth-order valence-electron chi connectivity index (χ4n) is 2.61. The summed E-state index contributed by atoms with van der Waals surface area (Å²) in [5.41, 5.74) is 1.40. The van der Waals surface area contributed by atoms with Gasteiger partial charge in [0.25, 0.3) is 0 Å². The van der Waals surface area contributed by atoms with Gasteiger partial charge in [-0.05, 0) is 38.0 Å². The fraction of sp³-hybridized carbons (Fsp3) is 0.611. The van der Waals surface area contributed by atoms with Gasteiger partial charge < -0.3 is 9.69 Å². The lowest BCUT2D eigenvalue weighted by molar-refractivity contribution is -0.117. The Hall–Kier alpha value is -0.933. The van der Waals surface area contributed by atoms with Gasteiger partial charge in [0.2, 0.25) is 0 Å². The Balaban J connectivity index is 2.43. The third-order valence-electron chi connectivity index (χ3n) is 3.45. The van der Waals surface area contributed by atoms with Crippen LogP contribution in [0.5, 0.6) is 0 Å². The van der Waals surface area contributed by atoms with Gasteiger partial charge in [-0.25, -0.2) is 0 Å². The van der Waals surface area contributed by atoms with E-state index in [1.54, 1.807) is 6.92 Å². The maximum atomic E-state index is 11.0. The molecule has 3 heteroatoms. The molecule has 0 heterocycles. The highest BCUT2D eigenvalue weighted by Crippen LogP contribution is 2.12. The topological polar surface area (TPSA) is 20.3 Å². The van der Waals surface area contributed by atoms with Crippen molar-refractivity contribution >= 4 is 13.9 Å². The minimum atomic E-state index is -1.09. The number of carbonyl (C=O) groups excluding carboxylic acids is 1. The maximum Gasteiger partial charge on any atom is 0.129 e. The predicted molar refractivity (Wildman–Crippen MR) is 94.2 cm³/mol. The van der Waals surface area contributed by atoms with Crippen LogP contribution in [0.1, 0.15) is 38.2 Å². The van der Waals surface area contributed by atoms with E-state index < -0.39 is 8.07 Å². The number of benzene rings is 1. The highest BCUT2D eigenvalue weighted by atomic mass is 28.3. The first-order valence-electron chi connectivity index (χ1n) is 8.12. The summed E-state index contributed by atoms with van der Waals surface area (Å²) in [5.74, 6) is 0.318. The van der Waals surface area contributed by atoms with Crippen molar-refractivity contribution in [3.63, 3.8) is 0 Å². The van der Waals surface area contributed by atoms with Crippen LogP contribution in [0.3, 0.4) is 0 Å². The summed E-state index contributed by atoms with van der Waals surface area (Å²) in [6, 6.07) is 10.7. The smallest absolute Gasteiger partial charge is 0.129 e. The van der Waals surface area contributed by atoms with Crippen LogP contribution in [0.2, 0.25) is 19.6 Å². The summed E-state index contributed by atoms with van der Waals surface area (Å²) >= 11 is 0. The second kappa shape index (κ2) is 9.16. The average molecular weight is 306 g/mol. The highest BCUT2D eigenvalue weighted by Gasteiger charge is 2.18. The lowest BCUT2D eigenvalue weighted by Gasteiger charge is -2.29. The van der Waals surface area contributed by atoms with Crippen molar-refractivity contribution in [3.8, 4) is 0 Å². The molecule has 0 spiro atoms. The number of carbonyl (C=O) groups is 1. The number of unbranched alkanes of at least 4 members (excludes halogenated alkanes) is 2. The van der Waals surface area contributed by atoms with E-state index in [1.165, 1.54) is 18.2 Å². The van der Waals surface area contributed by atoms with Crippen molar-refractivity contribution < 1.29 is 4.79 Å². The maximum absolute atomic E-state index is 11.0. The molecule has 2 nitrogen and oxygen atoms in total. The van der Waals surface area contributed by atoms with Crippen LogP contribution in [0.4, 0.5) is 0 Å². The molecule has 0 N–H and O–H groups in total. The van der Waals surface area contributed by atoms with Crippen molar-refractivity contribution in [2.45, 2.75) is 58.8 Å². The molecule has 0 aromatic heterocycles. The van der Waals surface area contributed by atoms with Gasteiger partial charge >= 0.3 is 0 Å². The third-order valence-corrected chi connectivity index (χ3v) is 4.85. The van der Waals surface area contributed by atoms with Crippen LogP contribution in [0.25, 0.3) is 0 Å². The van der Waals surface area contributed by atoms with E-state index in [4.69, 9.17) is 0 Å². The summed E-state index contributed by atoms with van der Waals surface area (Å²) in [6.45, 7) is 11.2. The van der Waals surface area contributed by atoms with E-state index in [9.17, 15) is 4.79 Å². The second-order valence-corrected chi connectivity index (χ2v) is 12.7. The largest absolute Gasteiger partial charge is 0.302 e. The first-order valence-corrected chi connectivity index (χ1v) is 11.8. The standard InChI is InChI=1S/C18H31NOSi/c1-17(20)11-7-6-10-14-19(16-21(2,3)4)15-18-12-8-5-9-13-18/h5,8-9,12-13H,6-7,10-11,14-16H2,1-4H3. The van der Waals surface area contributed by atoms with Crippen LogP contribution in [0, 0.1) is 0 Å². The predicted octanol–water partition coefficient (Wildman–Crippen LogP) is 4.52. The van der Waals surface area contributed by atoms with E-state index in [-0.39, 0.29) is 0 Å². The Bertz CT molecular complexity index is 411. The summed E-state index contributed by atoms with van der Waals surface area (Å²) in [4.78, 5) is 13.6. The van der Waals surface area contributed by atoms with Gasteiger partial charge in [-0.15, -0.1) is 0 Å². The molecule has 0 amide bonds. The number of nitrogens with zero attached hydrogens (tertiary/aromatic N) is 1. The lowest BCUT2D eigenvalue weighted by Crippen LogP contribution is -2.40. The Kier molecular flexibility index (Phi) is 7.90. The van der Waals surface area contributed by atoms with E-state index >= 15 is 0 Å². The normalized spacial score (nSPS) is 11.9. The van der Waals surface area contributed by atoms with E-state index in [2.05, 4.69) is 54.9 Å². The molecule has 0 saturated heterocycles. The summed E-state index contributed by atoms with van der Waals surface area (Å²) < 4.78 is 0. The zero-order valence-electron chi connectivity index (χ0n) is 14.2.